The van der Waals surface area contributed by atoms with Crippen LogP contribution in [0.5, 0.6) is 0 Å². The first-order valence-electron chi connectivity index (χ1n) is 5.85. The second-order valence-corrected chi connectivity index (χ2v) is 7.70. The number of nitrogens with zero attached hydrogens (tertiary/aromatic N) is 1. The molecule has 0 spiro atoms. The van der Waals surface area contributed by atoms with E-state index in [9.17, 15) is 0 Å². The normalized spacial score (nSPS) is 30.8. The molecule has 1 saturated heterocycles. The molecule has 0 saturated carbocycles. The Morgan fingerprint density at radius 3 is 2.89 bits per heavy atom. The molecule has 0 amide bonds. The van der Waals surface area contributed by atoms with Crippen LogP contribution in [0.1, 0.15) is 32.5 Å². The van der Waals surface area contributed by atoms with Crippen molar-refractivity contribution in [2.24, 2.45) is 0 Å². The third-order valence-electron chi connectivity index (χ3n) is 3.14. The first kappa shape index (κ1) is 12.8. The Morgan fingerprint density at radius 2 is 2.22 bits per heavy atom. The van der Waals surface area contributed by atoms with Crippen molar-refractivity contribution >= 4 is 11.3 Å². The van der Waals surface area contributed by atoms with E-state index in [1.165, 1.54) is 10.5 Å². The molecule has 0 aromatic carbocycles. The molecule has 0 N–H and O–H groups in total. The van der Waals surface area contributed by atoms with Gasteiger partial charge in [-0.2, -0.15) is 0 Å². The summed E-state index contributed by atoms with van der Waals surface area (Å²) in [6.07, 6.45) is 6.62. The molecule has 1 aliphatic carbocycles. The van der Waals surface area contributed by atoms with Crippen LogP contribution in [0.2, 0.25) is 0 Å². The Balaban J connectivity index is 1.90. The van der Waals surface area contributed by atoms with E-state index in [4.69, 9.17) is 12.8 Å². The van der Waals surface area contributed by atoms with E-state index < -0.39 is 0 Å². The predicted octanol–water partition coefficient (Wildman–Crippen LogP) is 0.0990. The van der Waals surface area contributed by atoms with Crippen LogP contribution in [-0.2, 0) is 7.80 Å². The van der Waals surface area contributed by atoms with Crippen molar-refractivity contribution in [1.29, 1.82) is 0 Å². The number of methoxy groups -OCH3 is 1. The van der Waals surface area contributed by atoms with Crippen molar-refractivity contribution in [3.63, 3.8) is 0 Å². The number of halogens is 1. The standard InChI is InChI=1S/C13H15INO2S/c1-7-4-5-9(10(6-7)16-3)13-15-8(2)11(18-13)12-14-17-12/h4-6,9-10,12H,1-3H3/q-1. The summed E-state index contributed by atoms with van der Waals surface area (Å²) in [6.45, 7) is 4.18. The van der Waals surface area contributed by atoms with Crippen LogP contribution in [0.15, 0.2) is 23.8 Å². The quantitative estimate of drug-likeness (QED) is 0.427. The molecule has 0 radical (unpaired) electrons. The number of hydrogen-bond donors (Lipinski definition) is 0. The molecule has 3 atom stereocenters. The van der Waals surface area contributed by atoms with Gasteiger partial charge in [-0.25, -0.2) is 0 Å². The molecule has 98 valence electrons. The molecule has 1 aliphatic heterocycles. The molecule has 3 nitrogen and oxygen atoms in total. The molecule has 3 unspecified atom stereocenters. The van der Waals surface area contributed by atoms with E-state index in [1.807, 2.05) is 0 Å². The van der Waals surface area contributed by atoms with Gasteiger partial charge in [0.2, 0.25) is 0 Å². The molecule has 1 aromatic rings. The molecular weight excluding hydrogens is 361 g/mol. The van der Waals surface area contributed by atoms with E-state index in [0.29, 0.717) is 4.11 Å². The summed E-state index contributed by atoms with van der Waals surface area (Å²) >= 11 is 1.75. The van der Waals surface area contributed by atoms with Gasteiger partial charge in [-0.15, -0.1) is 0 Å². The average Bonchev–Trinajstić information content (AvgIpc) is 3.13. The Labute approximate surface area is 122 Å². The Hall–Kier alpha value is -0.240. The van der Waals surface area contributed by atoms with Crippen molar-refractivity contribution < 1.29 is 29.4 Å². The SMILES string of the molecule is COC1C=C(C)C=CC1c1nc(C)c(C2O[I-]2)s1. The fourth-order valence-electron chi connectivity index (χ4n) is 2.11. The molecule has 0 bridgehead atoms. The summed E-state index contributed by atoms with van der Waals surface area (Å²) in [7, 11) is 1.76. The zero-order chi connectivity index (χ0) is 12.7. The Kier molecular flexibility index (Phi) is 3.57. The Morgan fingerprint density at radius 1 is 1.44 bits per heavy atom. The third kappa shape index (κ3) is 2.41. The number of alkyl halides is 1. The monoisotopic (exact) mass is 376 g/mol. The number of hydrogen-bond acceptors (Lipinski definition) is 4. The van der Waals surface area contributed by atoms with E-state index in [2.05, 4.69) is 32.1 Å². The van der Waals surface area contributed by atoms with Gasteiger partial charge in [0, 0.05) is 0 Å². The topological polar surface area (TPSA) is 34.6 Å². The first-order chi connectivity index (χ1) is 8.69. The first-order valence-corrected chi connectivity index (χ1v) is 8.79. The van der Waals surface area contributed by atoms with Crippen molar-refractivity contribution in [2.75, 3.05) is 7.11 Å². The number of rotatable bonds is 3. The maximum absolute atomic E-state index is 5.57. The van der Waals surface area contributed by atoms with Crippen LogP contribution in [-0.4, -0.2) is 18.2 Å². The summed E-state index contributed by atoms with van der Waals surface area (Å²) in [5.74, 6) is 0.244. The van der Waals surface area contributed by atoms with Crippen LogP contribution in [0.25, 0.3) is 0 Å². The number of ether oxygens (including phenoxy) is 1. The zero-order valence-corrected chi connectivity index (χ0v) is 13.5. The van der Waals surface area contributed by atoms with Crippen molar-refractivity contribution in [2.45, 2.75) is 30.0 Å². The molecule has 3 rings (SSSR count). The van der Waals surface area contributed by atoms with Crippen molar-refractivity contribution in [3.05, 3.63) is 39.4 Å². The van der Waals surface area contributed by atoms with Gasteiger partial charge < -0.3 is 0 Å². The predicted molar refractivity (Wildman–Crippen MR) is 67.1 cm³/mol. The summed E-state index contributed by atoms with van der Waals surface area (Å²) in [6, 6.07) is 0. The van der Waals surface area contributed by atoms with Crippen LogP contribution >= 0.6 is 11.3 Å². The van der Waals surface area contributed by atoms with Gasteiger partial charge in [-0.05, 0) is 0 Å². The minimum absolute atomic E-state index is 0.0398. The molecular formula is C13H15INO2S-. The minimum atomic E-state index is -0.0398. The second-order valence-electron chi connectivity index (χ2n) is 4.49. The van der Waals surface area contributed by atoms with Crippen LogP contribution in [0.4, 0.5) is 0 Å². The van der Waals surface area contributed by atoms with Gasteiger partial charge in [-0.3, -0.25) is 0 Å². The third-order valence-corrected chi connectivity index (χ3v) is 6.50. The number of allylic oxidation sites excluding steroid dienone is 2. The fraction of sp³-hybridized carbons (Fsp3) is 0.462. The fourth-order valence-corrected chi connectivity index (χ4v) is 5.08. The van der Waals surface area contributed by atoms with Crippen molar-refractivity contribution in [1.82, 2.24) is 4.98 Å². The summed E-state index contributed by atoms with van der Waals surface area (Å²) < 4.78 is 11.4. The van der Waals surface area contributed by atoms with Crippen molar-refractivity contribution in [3.8, 4) is 0 Å². The maximum atomic E-state index is 5.57. The van der Waals surface area contributed by atoms with Crippen LogP contribution in [0.3, 0.4) is 0 Å². The number of aryl methyl sites for hydroxylation is 1. The molecule has 5 heteroatoms. The zero-order valence-electron chi connectivity index (χ0n) is 10.5. The summed E-state index contributed by atoms with van der Waals surface area (Å²) in [5.41, 5.74) is 2.38. The molecule has 2 heterocycles. The number of thiazole rings is 1. The van der Waals surface area contributed by atoms with Gasteiger partial charge in [0.25, 0.3) is 0 Å². The van der Waals surface area contributed by atoms with Gasteiger partial charge >= 0.3 is 122 Å². The van der Waals surface area contributed by atoms with Gasteiger partial charge in [0.1, 0.15) is 0 Å². The van der Waals surface area contributed by atoms with Gasteiger partial charge in [-0.1, -0.05) is 0 Å². The van der Waals surface area contributed by atoms with E-state index in [1.54, 1.807) is 18.4 Å². The van der Waals surface area contributed by atoms with Gasteiger partial charge in [0.05, 0.1) is 0 Å². The van der Waals surface area contributed by atoms with E-state index >= 15 is 0 Å². The molecule has 2 aliphatic rings. The summed E-state index contributed by atoms with van der Waals surface area (Å²) in [4.78, 5) is 6.04. The average molecular weight is 376 g/mol. The molecule has 1 aromatic heterocycles. The molecule has 18 heavy (non-hydrogen) atoms. The summed E-state index contributed by atoms with van der Waals surface area (Å²) in [5, 5.41) is 1.15. The Bertz CT molecular complexity index is 519. The second kappa shape index (κ2) is 5.03. The van der Waals surface area contributed by atoms with Crippen LogP contribution in [0, 0.1) is 6.92 Å². The van der Waals surface area contributed by atoms with E-state index in [0.717, 1.165) is 10.7 Å². The van der Waals surface area contributed by atoms with Gasteiger partial charge in [0.15, 0.2) is 0 Å². The number of aromatic nitrogens is 1. The van der Waals surface area contributed by atoms with E-state index in [-0.39, 0.29) is 33.6 Å². The van der Waals surface area contributed by atoms with Crippen LogP contribution < -0.4 is 21.6 Å². The molecule has 1 fully saturated rings.